The second kappa shape index (κ2) is 7.27. The predicted molar refractivity (Wildman–Crippen MR) is 74.3 cm³/mol. The van der Waals surface area contributed by atoms with Crippen LogP contribution in [0, 0.1) is 0 Å². The first kappa shape index (κ1) is 14.8. The molecule has 3 nitrogen and oxygen atoms in total. The number of hydrogen-bond donors (Lipinski definition) is 0. The Morgan fingerprint density at radius 3 is 2.83 bits per heavy atom. The summed E-state index contributed by atoms with van der Waals surface area (Å²) in [4.78, 5) is 13.7. The average molecular weight is 270 g/mol. The third-order valence-electron chi connectivity index (χ3n) is 2.78. The summed E-state index contributed by atoms with van der Waals surface area (Å²) in [6, 6.07) is 7.57. The molecule has 1 unspecified atom stereocenters. The van der Waals surface area contributed by atoms with E-state index in [2.05, 4.69) is 0 Å². The molecule has 0 spiro atoms. The van der Waals surface area contributed by atoms with Gasteiger partial charge in [-0.1, -0.05) is 12.1 Å². The number of likely N-dealkylation sites (N-methyl/N-ethyl adjacent to an activating group) is 1. The Labute approximate surface area is 114 Å². The third kappa shape index (κ3) is 4.96. The van der Waals surface area contributed by atoms with Crippen molar-refractivity contribution >= 4 is 17.5 Å². The van der Waals surface area contributed by atoms with E-state index in [4.69, 9.17) is 16.3 Å². The fourth-order valence-corrected chi connectivity index (χ4v) is 1.69. The van der Waals surface area contributed by atoms with Crippen molar-refractivity contribution in [3.05, 3.63) is 29.8 Å². The van der Waals surface area contributed by atoms with Crippen LogP contribution < -0.4 is 4.74 Å². The lowest BCUT2D eigenvalue weighted by atomic mass is 10.1. The Kier molecular flexibility index (Phi) is 5.99. The number of carbonyl (C=O) groups is 1. The van der Waals surface area contributed by atoms with Crippen molar-refractivity contribution in [3.63, 3.8) is 0 Å². The molecule has 0 saturated carbocycles. The molecule has 0 saturated heterocycles. The van der Waals surface area contributed by atoms with Crippen LogP contribution in [0.25, 0.3) is 0 Å². The number of ether oxygens (including phenoxy) is 1. The summed E-state index contributed by atoms with van der Waals surface area (Å²) >= 11 is 5.87. The van der Waals surface area contributed by atoms with Crippen LogP contribution in [0.5, 0.6) is 5.75 Å². The monoisotopic (exact) mass is 269 g/mol. The van der Waals surface area contributed by atoms with Gasteiger partial charge in [-0.2, -0.15) is 0 Å². The number of benzene rings is 1. The van der Waals surface area contributed by atoms with Gasteiger partial charge in [0.25, 0.3) is 0 Å². The molecule has 0 aliphatic carbocycles. The molecule has 0 bridgehead atoms. The number of rotatable bonds is 6. The summed E-state index contributed by atoms with van der Waals surface area (Å²) in [5.74, 6) is 0.873. The molecule has 0 aliphatic heterocycles. The van der Waals surface area contributed by atoms with Gasteiger partial charge in [-0.05, 0) is 31.0 Å². The zero-order valence-corrected chi connectivity index (χ0v) is 11.9. The van der Waals surface area contributed by atoms with Gasteiger partial charge in [0.05, 0.1) is 13.5 Å². The lowest BCUT2D eigenvalue weighted by Gasteiger charge is -2.18. The lowest BCUT2D eigenvalue weighted by molar-refractivity contribution is -0.129. The molecular weight excluding hydrogens is 250 g/mol. The normalized spacial score (nSPS) is 12.0. The van der Waals surface area contributed by atoms with Crippen LogP contribution in [0.15, 0.2) is 24.3 Å². The molecule has 100 valence electrons. The number of alkyl halides is 1. The summed E-state index contributed by atoms with van der Waals surface area (Å²) < 4.78 is 5.13. The maximum absolute atomic E-state index is 12.0. The maximum atomic E-state index is 12.0. The highest BCUT2D eigenvalue weighted by molar-refractivity contribution is 6.20. The lowest BCUT2D eigenvalue weighted by Crippen LogP contribution is -2.30. The SMILES string of the molecule is COc1cccc(CC(=O)N(C)CCC(C)Cl)c1. The van der Waals surface area contributed by atoms with Crippen LogP contribution in [0.1, 0.15) is 18.9 Å². The van der Waals surface area contributed by atoms with Crippen molar-refractivity contribution in [1.82, 2.24) is 4.90 Å². The third-order valence-corrected chi connectivity index (χ3v) is 3.00. The Balaban J connectivity index is 2.52. The Morgan fingerprint density at radius 1 is 1.50 bits per heavy atom. The number of methoxy groups -OCH3 is 1. The molecule has 18 heavy (non-hydrogen) atoms. The van der Waals surface area contributed by atoms with Crippen molar-refractivity contribution in [1.29, 1.82) is 0 Å². The highest BCUT2D eigenvalue weighted by Gasteiger charge is 2.10. The van der Waals surface area contributed by atoms with E-state index in [-0.39, 0.29) is 11.3 Å². The summed E-state index contributed by atoms with van der Waals surface area (Å²) in [5, 5.41) is 0.0945. The van der Waals surface area contributed by atoms with E-state index in [0.717, 1.165) is 17.7 Å². The van der Waals surface area contributed by atoms with Crippen LogP contribution in [-0.2, 0) is 11.2 Å². The first-order valence-corrected chi connectivity index (χ1v) is 6.47. The quantitative estimate of drug-likeness (QED) is 0.743. The molecule has 0 fully saturated rings. The van der Waals surface area contributed by atoms with Crippen molar-refractivity contribution < 1.29 is 9.53 Å². The molecule has 1 atom stereocenters. The molecule has 0 aromatic heterocycles. The number of nitrogens with zero attached hydrogens (tertiary/aromatic N) is 1. The maximum Gasteiger partial charge on any atom is 0.226 e. The van der Waals surface area contributed by atoms with Crippen molar-refractivity contribution in [2.24, 2.45) is 0 Å². The van der Waals surface area contributed by atoms with Gasteiger partial charge in [-0.3, -0.25) is 4.79 Å². The molecule has 1 aromatic rings. The highest BCUT2D eigenvalue weighted by atomic mass is 35.5. The first-order chi connectivity index (χ1) is 8.52. The molecule has 1 amide bonds. The van der Waals surface area contributed by atoms with Crippen molar-refractivity contribution in [2.45, 2.75) is 25.1 Å². The highest BCUT2D eigenvalue weighted by Crippen LogP contribution is 2.13. The van der Waals surface area contributed by atoms with E-state index < -0.39 is 0 Å². The first-order valence-electron chi connectivity index (χ1n) is 6.04. The van der Waals surface area contributed by atoms with E-state index >= 15 is 0 Å². The van der Waals surface area contributed by atoms with E-state index in [0.29, 0.717) is 13.0 Å². The summed E-state index contributed by atoms with van der Waals surface area (Å²) in [6.07, 6.45) is 1.20. The standard InChI is InChI=1S/C14H20ClNO2/c1-11(15)7-8-16(2)14(17)10-12-5-4-6-13(9-12)18-3/h4-6,9,11H,7-8,10H2,1-3H3. The topological polar surface area (TPSA) is 29.5 Å². The van der Waals surface area contributed by atoms with Gasteiger partial charge >= 0.3 is 0 Å². The zero-order chi connectivity index (χ0) is 13.5. The fraction of sp³-hybridized carbons (Fsp3) is 0.500. The molecule has 0 radical (unpaired) electrons. The molecule has 4 heteroatoms. The van der Waals surface area contributed by atoms with E-state index in [1.165, 1.54) is 0 Å². The fourth-order valence-electron chi connectivity index (χ4n) is 1.59. The Morgan fingerprint density at radius 2 is 2.22 bits per heavy atom. The second-order valence-corrected chi connectivity index (χ2v) is 5.16. The van der Waals surface area contributed by atoms with Gasteiger partial charge in [-0.25, -0.2) is 0 Å². The Bertz CT molecular complexity index is 393. The van der Waals surface area contributed by atoms with E-state index in [1.54, 1.807) is 12.0 Å². The van der Waals surface area contributed by atoms with Crippen LogP contribution in [0.3, 0.4) is 0 Å². The number of hydrogen-bond acceptors (Lipinski definition) is 2. The smallest absolute Gasteiger partial charge is 0.226 e. The molecule has 0 N–H and O–H groups in total. The molecular formula is C14H20ClNO2. The van der Waals surface area contributed by atoms with Crippen LogP contribution >= 0.6 is 11.6 Å². The zero-order valence-electron chi connectivity index (χ0n) is 11.1. The molecule has 0 heterocycles. The minimum atomic E-state index is 0.0945. The van der Waals surface area contributed by atoms with Crippen LogP contribution in [0.4, 0.5) is 0 Å². The van der Waals surface area contributed by atoms with Crippen molar-refractivity contribution in [2.75, 3.05) is 20.7 Å². The van der Waals surface area contributed by atoms with Crippen molar-refractivity contribution in [3.8, 4) is 5.75 Å². The number of carbonyl (C=O) groups excluding carboxylic acids is 1. The molecule has 0 aliphatic rings. The number of amides is 1. The largest absolute Gasteiger partial charge is 0.497 e. The van der Waals surface area contributed by atoms with Gasteiger partial charge < -0.3 is 9.64 Å². The van der Waals surface area contributed by atoms with E-state index in [9.17, 15) is 4.79 Å². The molecule has 1 rings (SSSR count). The van der Waals surface area contributed by atoms with Crippen LogP contribution in [-0.4, -0.2) is 36.9 Å². The minimum absolute atomic E-state index is 0.0945. The summed E-state index contributed by atoms with van der Waals surface area (Å²) in [7, 11) is 3.43. The Hall–Kier alpha value is -1.22. The van der Waals surface area contributed by atoms with Crippen LogP contribution in [0.2, 0.25) is 0 Å². The van der Waals surface area contributed by atoms with E-state index in [1.807, 2.05) is 38.2 Å². The predicted octanol–water partition coefficient (Wildman–Crippen LogP) is 2.71. The molecule has 1 aromatic carbocycles. The number of halogens is 1. The van der Waals surface area contributed by atoms with Gasteiger partial charge in [0.15, 0.2) is 0 Å². The summed E-state index contributed by atoms with van der Waals surface area (Å²) in [6.45, 7) is 2.62. The van der Waals surface area contributed by atoms with Gasteiger partial charge in [0.1, 0.15) is 5.75 Å². The minimum Gasteiger partial charge on any atom is -0.497 e. The van der Waals surface area contributed by atoms with Gasteiger partial charge in [-0.15, -0.1) is 11.6 Å². The average Bonchev–Trinajstić information content (AvgIpc) is 2.36. The summed E-state index contributed by atoms with van der Waals surface area (Å²) in [5.41, 5.74) is 0.963. The van der Waals surface area contributed by atoms with Gasteiger partial charge in [0.2, 0.25) is 5.91 Å². The van der Waals surface area contributed by atoms with Gasteiger partial charge in [0, 0.05) is 19.0 Å². The second-order valence-electron chi connectivity index (χ2n) is 4.41.